The number of primary amides is 1. The summed E-state index contributed by atoms with van der Waals surface area (Å²) in [4.78, 5) is 61.9. The Morgan fingerprint density at radius 2 is 1.51 bits per heavy atom. The molecule has 0 aliphatic carbocycles. The smallest absolute Gasteiger partial charge is 0.326 e. The highest BCUT2D eigenvalue weighted by atomic mass is 19.2. The SMILES string of the molecule is C[C@@H](O)[C@H](N)C(=O)N[C@@H](Cc1c(F)c(F)c(F)c(F)c1F)C(=O)N1CCC[C@H]1C(=O)N[C@@H](CC(N)=O)C(=O)O. The second-order valence-electron chi connectivity index (χ2n) is 8.84. The fraction of sp³-hybridized carbons (Fsp3) is 0.500. The molecule has 0 spiro atoms. The number of hydrogen-bond acceptors (Lipinski definition) is 7. The molecule has 0 radical (unpaired) electrons. The van der Waals surface area contributed by atoms with Crippen molar-refractivity contribution in [3.8, 4) is 0 Å². The van der Waals surface area contributed by atoms with Gasteiger partial charge >= 0.3 is 5.97 Å². The predicted molar refractivity (Wildman–Crippen MR) is 120 cm³/mol. The summed E-state index contributed by atoms with van der Waals surface area (Å²) in [7, 11) is 0. The van der Waals surface area contributed by atoms with Gasteiger partial charge in [0.1, 0.15) is 24.2 Å². The summed E-state index contributed by atoms with van der Waals surface area (Å²) < 4.78 is 69.8. The van der Waals surface area contributed by atoms with E-state index >= 15 is 0 Å². The van der Waals surface area contributed by atoms with Crippen molar-refractivity contribution in [3.05, 3.63) is 34.6 Å². The number of aliphatic carboxylic acids is 1. The Kier molecular flexibility index (Phi) is 10.3. The molecule has 1 aromatic carbocycles. The van der Waals surface area contributed by atoms with E-state index in [-0.39, 0.29) is 19.4 Å². The number of nitrogens with two attached hydrogens (primary N) is 2. The minimum atomic E-state index is -2.45. The minimum absolute atomic E-state index is 0.0448. The van der Waals surface area contributed by atoms with Gasteiger partial charge in [-0.25, -0.2) is 26.7 Å². The van der Waals surface area contributed by atoms with E-state index in [4.69, 9.17) is 11.5 Å². The van der Waals surface area contributed by atoms with Crippen molar-refractivity contribution in [1.82, 2.24) is 15.5 Å². The maximum atomic E-state index is 14.4. The van der Waals surface area contributed by atoms with Crippen molar-refractivity contribution in [2.45, 2.75) is 62.9 Å². The average Bonchev–Trinajstić information content (AvgIpc) is 3.36. The van der Waals surface area contributed by atoms with Gasteiger partial charge in [0, 0.05) is 18.5 Å². The van der Waals surface area contributed by atoms with E-state index in [1.165, 1.54) is 0 Å². The number of carboxylic acids is 1. The second-order valence-corrected chi connectivity index (χ2v) is 8.84. The first-order valence-corrected chi connectivity index (χ1v) is 11.4. The number of nitrogens with zero attached hydrogens (tertiary/aromatic N) is 1. The minimum Gasteiger partial charge on any atom is -0.480 e. The lowest BCUT2D eigenvalue weighted by molar-refractivity contribution is -0.146. The van der Waals surface area contributed by atoms with Gasteiger partial charge < -0.3 is 37.2 Å². The summed E-state index contributed by atoms with van der Waals surface area (Å²) >= 11 is 0. The van der Waals surface area contributed by atoms with Crippen molar-refractivity contribution in [2.24, 2.45) is 11.5 Å². The van der Waals surface area contributed by atoms with Crippen LogP contribution < -0.4 is 22.1 Å². The third-order valence-corrected chi connectivity index (χ3v) is 6.00. The number of nitrogens with one attached hydrogen (secondary N) is 2. The summed E-state index contributed by atoms with van der Waals surface area (Å²) in [6.07, 6.45) is -3.41. The number of aliphatic hydroxyl groups excluding tert-OH is 1. The number of carboxylic acid groups (broad SMARTS) is 1. The Bertz CT molecular complexity index is 1140. The number of amides is 4. The van der Waals surface area contributed by atoms with Gasteiger partial charge in [-0.2, -0.15) is 0 Å². The molecule has 1 fully saturated rings. The highest BCUT2D eigenvalue weighted by molar-refractivity contribution is 5.95. The zero-order chi connectivity index (χ0) is 29.8. The maximum absolute atomic E-state index is 14.4. The van der Waals surface area contributed by atoms with E-state index in [1.807, 2.05) is 10.6 Å². The zero-order valence-electron chi connectivity index (χ0n) is 20.3. The number of rotatable bonds is 11. The van der Waals surface area contributed by atoms with Crippen LogP contribution in [0.3, 0.4) is 0 Å². The topological polar surface area (TPSA) is 205 Å². The molecule has 216 valence electrons. The first kappa shape index (κ1) is 31.4. The summed E-state index contributed by atoms with van der Waals surface area (Å²) in [5, 5.41) is 22.8. The van der Waals surface area contributed by atoms with Crippen molar-refractivity contribution in [2.75, 3.05) is 6.54 Å². The van der Waals surface area contributed by atoms with Crippen LogP contribution in [-0.2, 0) is 30.4 Å². The van der Waals surface area contributed by atoms with Crippen LogP contribution in [0.15, 0.2) is 0 Å². The first-order chi connectivity index (χ1) is 18.1. The van der Waals surface area contributed by atoms with Gasteiger partial charge in [-0.15, -0.1) is 0 Å². The lowest BCUT2D eigenvalue weighted by Gasteiger charge is -2.30. The lowest BCUT2D eigenvalue weighted by Crippen LogP contribution is -2.58. The molecule has 4 amide bonds. The molecule has 5 atom stereocenters. The Labute approximate surface area is 217 Å². The van der Waals surface area contributed by atoms with Crippen LogP contribution in [0.5, 0.6) is 0 Å². The second kappa shape index (κ2) is 12.8. The molecule has 1 aliphatic rings. The number of hydrogen-bond donors (Lipinski definition) is 6. The van der Waals surface area contributed by atoms with E-state index in [2.05, 4.69) is 0 Å². The molecular weight excluding hydrogens is 541 g/mol. The molecule has 0 unspecified atom stereocenters. The quantitative estimate of drug-likeness (QED) is 0.106. The highest BCUT2D eigenvalue weighted by Crippen LogP contribution is 2.26. The maximum Gasteiger partial charge on any atom is 0.326 e. The number of likely N-dealkylation sites (tertiary alicyclic amines) is 1. The van der Waals surface area contributed by atoms with Gasteiger partial charge in [0.2, 0.25) is 29.4 Å². The Morgan fingerprint density at radius 3 is 2.00 bits per heavy atom. The monoisotopic (exact) mass is 567 g/mol. The first-order valence-electron chi connectivity index (χ1n) is 11.4. The molecule has 39 heavy (non-hydrogen) atoms. The third-order valence-electron chi connectivity index (χ3n) is 6.00. The van der Waals surface area contributed by atoms with E-state index in [0.717, 1.165) is 11.8 Å². The average molecular weight is 567 g/mol. The molecule has 1 heterocycles. The normalized spacial score (nSPS) is 18.2. The van der Waals surface area contributed by atoms with Crippen LogP contribution in [0, 0.1) is 29.1 Å². The predicted octanol–water partition coefficient (Wildman–Crippen LogP) is -1.45. The fourth-order valence-electron chi connectivity index (χ4n) is 3.89. The lowest BCUT2D eigenvalue weighted by atomic mass is 10.0. The highest BCUT2D eigenvalue weighted by Gasteiger charge is 2.40. The summed E-state index contributed by atoms with van der Waals surface area (Å²) in [6, 6.07) is -6.85. The van der Waals surface area contributed by atoms with Gasteiger partial charge in [-0.05, 0) is 19.8 Å². The van der Waals surface area contributed by atoms with Crippen LogP contribution in [0.4, 0.5) is 22.0 Å². The number of carbonyl (C=O) groups is 5. The van der Waals surface area contributed by atoms with E-state index in [9.17, 15) is 56.1 Å². The molecule has 2 rings (SSSR count). The molecule has 1 aromatic rings. The number of halogens is 5. The van der Waals surface area contributed by atoms with Crippen LogP contribution in [0.2, 0.25) is 0 Å². The van der Waals surface area contributed by atoms with E-state index in [0.29, 0.717) is 0 Å². The Morgan fingerprint density at radius 1 is 0.974 bits per heavy atom. The van der Waals surface area contributed by atoms with Gasteiger partial charge in [0.05, 0.1) is 12.5 Å². The molecular formula is C22H26F5N5O7. The van der Waals surface area contributed by atoms with Crippen molar-refractivity contribution < 1.29 is 56.1 Å². The van der Waals surface area contributed by atoms with Crippen molar-refractivity contribution in [1.29, 1.82) is 0 Å². The Balaban J connectivity index is 2.42. The molecule has 8 N–H and O–H groups in total. The zero-order valence-corrected chi connectivity index (χ0v) is 20.3. The Hall–Kier alpha value is -3.86. The van der Waals surface area contributed by atoms with Gasteiger partial charge in [-0.3, -0.25) is 19.2 Å². The fourth-order valence-corrected chi connectivity index (χ4v) is 3.89. The molecule has 0 saturated carbocycles. The standard InChI is InChI=1S/C22H26F5N5O7/c1-7(33)18(29)20(36)30-9(5-8-13(23)15(25)17(27)16(26)14(8)24)21(37)32-4-2-3-11(32)19(35)31-10(22(38)39)6-12(28)34/h7,9-11,18,33H,2-6,29H2,1H3,(H2,28,34)(H,30,36)(H,31,35)(H,38,39)/t7-,9+,10+,11+,18+/m1/s1. The van der Waals surface area contributed by atoms with Gasteiger partial charge in [0.25, 0.3) is 0 Å². The molecule has 1 saturated heterocycles. The largest absolute Gasteiger partial charge is 0.480 e. The molecule has 1 aliphatic heterocycles. The summed E-state index contributed by atoms with van der Waals surface area (Å²) in [5.74, 6) is -17.7. The molecule has 17 heteroatoms. The number of benzene rings is 1. The third kappa shape index (κ3) is 7.17. The van der Waals surface area contributed by atoms with E-state index in [1.54, 1.807) is 0 Å². The van der Waals surface area contributed by atoms with E-state index < -0.39 is 107 Å². The molecule has 0 bridgehead atoms. The van der Waals surface area contributed by atoms with Gasteiger partial charge in [-0.1, -0.05) is 0 Å². The van der Waals surface area contributed by atoms with Crippen LogP contribution in [0.25, 0.3) is 0 Å². The number of carbonyl (C=O) groups excluding carboxylic acids is 4. The molecule has 12 nitrogen and oxygen atoms in total. The molecule has 0 aromatic heterocycles. The van der Waals surface area contributed by atoms with Crippen molar-refractivity contribution >= 4 is 29.6 Å². The van der Waals surface area contributed by atoms with Crippen molar-refractivity contribution in [3.63, 3.8) is 0 Å². The summed E-state index contributed by atoms with van der Waals surface area (Å²) in [5.41, 5.74) is 9.05. The van der Waals surface area contributed by atoms with Crippen LogP contribution >= 0.6 is 0 Å². The van der Waals surface area contributed by atoms with Crippen LogP contribution in [0.1, 0.15) is 31.7 Å². The van der Waals surface area contributed by atoms with Gasteiger partial charge in [0.15, 0.2) is 23.3 Å². The summed E-state index contributed by atoms with van der Waals surface area (Å²) in [6.45, 7) is 0.924. The number of aliphatic hydroxyl groups is 1. The van der Waals surface area contributed by atoms with Crippen LogP contribution in [-0.4, -0.2) is 81.5 Å².